The summed E-state index contributed by atoms with van der Waals surface area (Å²) in [5.41, 5.74) is 2.10. The first-order valence-corrected chi connectivity index (χ1v) is 9.39. The summed E-state index contributed by atoms with van der Waals surface area (Å²) in [6.07, 6.45) is 8.50. The van der Waals surface area contributed by atoms with E-state index in [1.54, 1.807) is 6.20 Å². The second-order valence-corrected chi connectivity index (χ2v) is 7.20. The molecule has 1 aromatic heterocycles. The Labute approximate surface area is 149 Å². The Morgan fingerprint density at radius 1 is 1.08 bits per heavy atom. The van der Waals surface area contributed by atoms with E-state index in [0.717, 1.165) is 38.0 Å². The number of carbonyl (C=O) groups excluding carboxylic acids is 1. The first kappa shape index (κ1) is 16.3. The number of hydrogen-bond donors (Lipinski definition) is 0. The van der Waals surface area contributed by atoms with Crippen LogP contribution in [-0.2, 0) is 13.1 Å². The van der Waals surface area contributed by atoms with Crippen LogP contribution >= 0.6 is 0 Å². The third-order valence-corrected chi connectivity index (χ3v) is 5.40. The smallest absolute Gasteiger partial charge is 0.254 e. The van der Waals surface area contributed by atoms with Crippen molar-refractivity contribution in [1.29, 1.82) is 0 Å². The van der Waals surface area contributed by atoms with E-state index in [9.17, 15) is 4.79 Å². The highest BCUT2D eigenvalue weighted by molar-refractivity contribution is 5.94. The third-order valence-electron chi connectivity index (χ3n) is 5.40. The summed E-state index contributed by atoms with van der Waals surface area (Å²) in [5, 5.41) is 4.28. The first-order valence-electron chi connectivity index (χ1n) is 9.39. The van der Waals surface area contributed by atoms with Crippen LogP contribution in [0.15, 0.2) is 42.7 Å². The van der Waals surface area contributed by atoms with Crippen molar-refractivity contribution in [1.82, 2.24) is 19.6 Å². The van der Waals surface area contributed by atoms with Gasteiger partial charge in [0, 0.05) is 31.0 Å². The van der Waals surface area contributed by atoms with E-state index in [2.05, 4.69) is 22.1 Å². The highest BCUT2D eigenvalue weighted by atomic mass is 16.2. The maximum absolute atomic E-state index is 12.9. The molecule has 1 atom stereocenters. The Balaban J connectivity index is 1.40. The van der Waals surface area contributed by atoms with Crippen molar-refractivity contribution in [3.63, 3.8) is 0 Å². The molecule has 0 radical (unpaired) electrons. The van der Waals surface area contributed by atoms with E-state index in [1.165, 1.54) is 31.5 Å². The van der Waals surface area contributed by atoms with Gasteiger partial charge in [-0.05, 0) is 62.5 Å². The molecule has 0 aliphatic carbocycles. The molecule has 1 aromatic carbocycles. The molecule has 2 aliphatic rings. The molecule has 0 bridgehead atoms. The zero-order chi connectivity index (χ0) is 17.1. The van der Waals surface area contributed by atoms with Gasteiger partial charge in [0.1, 0.15) is 0 Å². The Bertz CT molecular complexity index is 689. The molecule has 2 aliphatic heterocycles. The minimum atomic E-state index is 0.155. The van der Waals surface area contributed by atoms with Crippen LogP contribution in [0.4, 0.5) is 0 Å². The molecule has 5 nitrogen and oxygen atoms in total. The Morgan fingerprint density at radius 3 is 2.60 bits per heavy atom. The number of carbonyl (C=O) groups is 1. The molecule has 1 amide bonds. The molecule has 5 heteroatoms. The lowest BCUT2D eigenvalue weighted by Gasteiger charge is -2.25. The Kier molecular flexibility index (Phi) is 4.83. The fourth-order valence-electron chi connectivity index (χ4n) is 4.03. The monoisotopic (exact) mass is 338 g/mol. The number of likely N-dealkylation sites (tertiary alicyclic amines) is 2. The maximum atomic E-state index is 12.9. The molecule has 4 rings (SSSR count). The van der Waals surface area contributed by atoms with Crippen molar-refractivity contribution in [3.8, 4) is 0 Å². The minimum Gasteiger partial charge on any atom is -0.334 e. The molecule has 2 saturated heterocycles. The second-order valence-electron chi connectivity index (χ2n) is 7.20. The number of aromatic nitrogens is 2. The van der Waals surface area contributed by atoms with Crippen molar-refractivity contribution in [2.45, 2.75) is 44.8 Å². The SMILES string of the molecule is O=C(c1ccc(CN2CCCC2)cc1)N1CCC[C@@H]1Cn1cccn1. The van der Waals surface area contributed by atoms with Gasteiger partial charge in [0.05, 0.1) is 12.6 Å². The highest BCUT2D eigenvalue weighted by Crippen LogP contribution is 2.22. The van der Waals surface area contributed by atoms with Gasteiger partial charge < -0.3 is 4.90 Å². The van der Waals surface area contributed by atoms with Crippen LogP contribution in [-0.4, -0.2) is 51.2 Å². The summed E-state index contributed by atoms with van der Waals surface area (Å²) < 4.78 is 1.93. The first-order chi connectivity index (χ1) is 12.3. The fourth-order valence-corrected chi connectivity index (χ4v) is 4.03. The molecule has 2 aromatic rings. The van der Waals surface area contributed by atoms with E-state index in [0.29, 0.717) is 0 Å². The highest BCUT2D eigenvalue weighted by Gasteiger charge is 2.29. The number of rotatable bonds is 5. The lowest BCUT2D eigenvalue weighted by Crippen LogP contribution is -2.38. The van der Waals surface area contributed by atoms with Crippen LogP contribution in [0, 0.1) is 0 Å². The van der Waals surface area contributed by atoms with Crippen LogP contribution in [0.5, 0.6) is 0 Å². The third kappa shape index (κ3) is 3.76. The van der Waals surface area contributed by atoms with Gasteiger partial charge in [-0.25, -0.2) is 0 Å². The van der Waals surface area contributed by atoms with E-state index >= 15 is 0 Å². The number of hydrogen-bond acceptors (Lipinski definition) is 3. The summed E-state index contributed by atoms with van der Waals surface area (Å²) in [5.74, 6) is 0.155. The van der Waals surface area contributed by atoms with Crippen molar-refractivity contribution in [3.05, 3.63) is 53.9 Å². The van der Waals surface area contributed by atoms with Gasteiger partial charge in [-0.15, -0.1) is 0 Å². The van der Waals surface area contributed by atoms with Crippen LogP contribution < -0.4 is 0 Å². The molecular formula is C20H26N4O. The molecule has 0 spiro atoms. The van der Waals surface area contributed by atoms with Crippen molar-refractivity contribution < 1.29 is 4.79 Å². The lowest BCUT2D eigenvalue weighted by atomic mass is 10.1. The summed E-state index contributed by atoms with van der Waals surface area (Å²) in [7, 11) is 0. The normalized spacial score (nSPS) is 21.1. The Hall–Kier alpha value is -2.14. The number of benzene rings is 1. The summed E-state index contributed by atoms with van der Waals surface area (Å²) >= 11 is 0. The summed E-state index contributed by atoms with van der Waals surface area (Å²) in [6.45, 7) is 5.03. The van der Waals surface area contributed by atoms with Crippen LogP contribution in [0.1, 0.15) is 41.6 Å². The van der Waals surface area contributed by atoms with Crippen molar-refractivity contribution >= 4 is 5.91 Å². The van der Waals surface area contributed by atoms with Crippen molar-refractivity contribution in [2.24, 2.45) is 0 Å². The standard InChI is InChI=1S/C20H26N4O/c25-20(24-14-3-5-19(24)16-23-13-4-10-21-23)18-8-6-17(7-9-18)15-22-11-1-2-12-22/h4,6-10,13,19H,1-3,5,11-12,14-16H2/t19-/m1/s1. The molecular weight excluding hydrogens is 312 g/mol. The van der Waals surface area contributed by atoms with Gasteiger partial charge in [-0.3, -0.25) is 14.4 Å². The van der Waals surface area contributed by atoms with Gasteiger partial charge in [-0.1, -0.05) is 12.1 Å². The average molecular weight is 338 g/mol. The molecule has 25 heavy (non-hydrogen) atoms. The number of amides is 1. The zero-order valence-corrected chi connectivity index (χ0v) is 14.7. The average Bonchev–Trinajstić information content (AvgIpc) is 3.38. The maximum Gasteiger partial charge on any atom is 0.254 e. The molecule has 2 fully saturated rings. The largest absolute Gasteiger partial charge is 0.334 e. The van der Waals surface area contributed by atoms with Gasteiger partial charge in [0.25, 0.3) is 5.91 Å². The summed E-state index contributed by atoms with van der Waals surface area (Å²) in [6, 6.07) is 10.4. The topological polar surface area (TPSA) is 41.4 Å². The van der Waals surface area contributed by atoms with Crippen LogP contribution in [0.25, 0.3) is 0 Å². The van der Waals surface area contributed by atoms with Crippen LogP contribution in [0.3, 0.4) is 0 Å². The quantitative estimate of drug-likeness (QED) is 0.842. The fraction of sp³-hybridized carbons (Fsp3) is 0.500. The van der Waals surface area contributed by atoms with Crippen molar-refractivity contribution in [2.75, 3.05) is 19.6 Å². The van der Waals surface area contributed by atoms with Gasteiger partial charge >= 0.3 is 0 Å². The van der Waals surface area contributed by atoms with Gasteiger partial charge in [0.2, 0.25) is 0 Å². The molecule has 132 valence electrons. The van der Waals surface area contributed by atoms with E-state index < -0.39 is 0 Å². The lowest BCUT2D eigenvalue weighted by molar-refractivity contribution is 0.0721. The molecule has 3 heterocycles. The number of nitrogens with zero attached hydrogens (tertiary/aromatic N) is 4. The second kappa shape index (κ2) is 7.40. The van der Waals surface area contributed by atoms with Crippen LogP contribution in [0.2, 0.25) is 0 Å². The van der Waals surface area contributed by atoms with E-state index in [4.69, 9.17) is 0 Å². The van der Waals surface area contributed by atoms with Gasteiger partial charge in [-0.2, -0.15) is 5.10 Å². The molecule has 0 saturated carbocycles. The molecule has 0 unspecified atom stereocenters. The summed E-state index contributed by atoms with van der Waals surface area (Å²) in [4.78, 5) is 17.4. The van der Waals surface area contributed by atoms with Gasteiger partial charge in [0.15, 0.2) is 0 Å². The predicted octanol–water partition coefficient (Wildman–Crippen LogP) is 2.78. The Morgan fingerprint density at radius 2 is 1.88 bits per heavy atom. The van der Waals surface area contributed by atoms with E-state index in [-0.39, 0.29) is 11.9 Å². The zero-order valence-electron chi connectivity index (χ0n) is 14.7. The predicted molar refractivity (Wildman–Crippen MR) is 97.2 cm³/mol. The molecule has 0 N–H and O–H groups in total. The van der Waals surface area contributed by atoms with E-state index in [1.807, 2.05) is 34.0 Å². The minimum absolute atomic E-state index is 0.155.